The van der Waals surface area contributed by atoms with Crippen LogP contribution in [0.15, 0.2) is 24.3 Å². The molecule has 25 heavy (non-hydrogen) atoms. The molecule has 1 aromatic carbocycles. The lowest BCUT2D eigenvalue weighted by atomic mass is 9.87. The van der Waals surface area contributed by atoms with Crippen LogP contribution in [0.4, 0.5) is 4.79 Å². The van der Waals surface area contributed by atoms with Crippen molar-refractivity contribution >= 4 is 6.03 Å². The van der Waals surface area contributed by atoms with Gasteiger partial charge in [-0.25, -0.2) is 4.79 Å². The third-order valence-corrected chi connectivity index (χ3v) is 5.31. The molecule has 2 unspecified atom stereocenters. The number of aliphatic hydroxyl groups is 1. The number of urea groups is 1. The second kappa shape index (κ2) is 9.09. The van der Waals surface area contributed by atoms with Gasteiger partial charge in [0.05, 0.1) is 12.2 Å². The normalized spacial score (nSPS) is 24.0. The second-order valence-corrected chi connectivity index (χ2v) is 7.38. The van der Waals surface area contributed by atoms with E-state index in [1.54, 1.807) is 0 Å². The summed E-state index contributed by atoms with van der Waals surface area (Å²) in [4.78, 5) is 12.1. The summed E-state index contributed by atoms with van der Waals surface area (Å²) in [5, 5.41) is 15.6. The Morgan fingerprint density at radius 1 is 1.08 bits per heavy atom. The summed E-state index contributed by atoms with van der Waals surface area (Å²) in [6, 6.07) is 7.77. The summed E-state index contributed by atoms with van der Waals surface area (Å²) in [5.74, 6) is 1.26. The van der Waals surface area contributed by atoms with E-state index in [0.717, 1.165) is 49.8 Å². The fraction of sp³-hybridized carbons (Fsp3) is 0.650. The summed E-state index contributed by atoms with van der Waals surface area (Å²) in [7, 11) is 0. The Morgan fingerprint density at radius 3 is 2.68 bits per heavy atom. The van der Waals surface area contributed by atoms with Gasteiger partial charge in [-0.3, -0.25) is 0 Å². The number of benzene rings is 1. The van der Waals surface area contributed by atoms with Crippen LogP contribution >= 0.6 is 0 Å². The van der Waals surface area contributed by atoms with Gasteiger partial charge in [0.2, 0.25) is 0 Å². The standard InChI is InChI=1S/C20H30N2O3/c23-17-8-5-6-15(12-17)13-21-20(24)22-14-16-7-1-4-11-19(16)25-18-9-2-3-10-18/h1,4,7,11,15,17-18,23H,2-3,5-6,8-10,12-14H2,(H2,21,22,24). The maximum absolute atomic E-state index is 12.1. The van der Waals surface area contributed by atoms with Gasteiger partial charge in [0, 0.05) is 18.7 Å². The minimum absolute atomic E-state index is 0.157. The predicted molar refractivity (Wildman–Crippen MR) is 97.5 cm³/mol. The number of amides is 2. The highest BCUT2D eigenvalue weighted by molar-refractivity contribution is 5.73. The highest BCUT2D eigenvalue weighted by Gasteiger charge is 2.21. The Morgan fingerprint density at radius 2 is 1.88 bits per heavy atom. The maximum atomic E-state index is 12.1. The number of nitrogens with one attached hydrogen (secondary N) is 2. The van der Waals surface area contributed by atoms with Crippen LogP contribution in [-0.4, -0.2) is 29.9 Å². The Kier molecular flexibility index (Phi) is 6.56. The van der Waals surface area contributed by atoms with Crippen LogP contribution in [-0.2, 0) is 6.54 Å². The molecule has 1 aromatic rings. The molecule has 2 saturated carbocycles. The first-order valence-electron chi connectivity index (χ1n) is 9.65. The van der Waals surface area contributed by atoms with Crippen LogP contribution in [0.5, 0.6) is 5.75 Å². The molecule has 5 nitrogen and oxygen atoms in total. The van der Waals surface area contributed by atoms with E-state index in [2.05, 4.69) is 10.6 Å². The van der Waals surface area contributed by atoms with Gasteiger partial charge in [-0.05, 0) is 56.9 Å². The number of hydrogen-bond acceptors (Lipinski definition) is 3. The van der Waals surface area contributed by atoms with Crippen LogP contribution in [0.3, 0.4) is 0 Å². The first-order valence-corrected chi connectivity index (χ1v) is 9.65. The van der Waals surface area contributed by atoms with E-state index in [1.807, 2.05) is 24.3 Å². The number of ether oxygens (including phenoxy) is 1. The number of carbonyl (C=O) groups is 1. The van der Waals surface area contributed by atoms with Crippen molar-refractivity contribution in [3.63, 3.8) is 0 Å². The van der Waals surface area contributed by atoms with Crippen molar-refractivity contribution in [3.8, 4) is 5.75 Å². The quantitative estimate of drug-likeness (QED) is 0.740. The summed E-state index contributed by atoms with van der Waals surface area (Å²) >= 11 is 0. The average Bonchev–Trinajstić information content (AvgIpc) is 3.12. The molecule has 0 aromatic heterocycles. The monoisotopic (exact) mass is 346 g/mol. The Labute approximate surface area is 150 Å². The Hall–Kier alpha value is -1.75. The zero-order valence-corrected chi connectivity index (χ0v) is 14.9. The lowest BCUT2D eigenvalue weighted by molar-refractivity contribution is 0.101. The molecule has 0 heterocycles. The Balaban J connectivity index is 1.43. The number of para-hydroxylation sites is 1. The minimum atomic E-state index is -0.205. The molecule has 2 fully saturated rings. The first-order chi connectivity index (χ1) is 12.2. The smallest absolute Gasteiger partial charge is 0.315 e. The number of carbonyl (C=O) groups excluding carboxylic acids is 1. The summed E-state index contributed by atoms with van der Waals surface area (Å²) in [5.41, 5.74) is 1.01. The van der Waals surface area contributed by atoms with E-state index in [0.29, 0.717) is 25.1 Å². The zero-order chi connectivity index (χ0) is 17.5. The van der Waals surface area contributed by atoms with Crippen molar-refractivity contribution in [3.05, 3.63) is 29.8 Å². The fourth-order valence-corrected chi connectivity index (χ4v) is 3.87. The zero-order valence-electron chi connectivity index (χ0n) is 14.9. The highest BCUT2D eigenvalue weighted by atomic mass is 16.5. The molecular formula is C20H30N2O3. The van der Waals surface area contributed by atoms with E-state index in [-0.39, 0.29) is 12.1 Å². The van der Waals surface area contributed by atoms with Crippen molar-refractivity contribution in [1.82, 2.24) is 10.6 Å². The van der Waals surface area contributed by atoms with E-state index in [1.165, 1.54) is 12.8 Å². The largest absolute Gasteiger partial charge is 0.490 e. The number of rotatable bonds is 6. The minimum Gasteiger partial charge on any atom is -0.490 e. The van der Waals surface area contributed by atoms with E-state index < -0.39 is 0 Å². The molecule has 3 N–H and O–H groups in total. The molecule has 2 amide bonds. The molecule has 0 aliphatic heterocycles. The van der Waals surface area contributed by atoms with Crippen LogP contribution in [0, 0.1) is 5.92 Å². The molecule has 2 aliphatic carbocycles. The lowest BCUT2D eigenvalue weighted by Crippen LogP contribution is -2.39. The second-order valence-electron chi connectivity index (χ2n) is 7.38. The molecule has 3 rings (SSSR count). The van der Waals surface area contributed by atoms with Gasteiger partial charge in [-0.2, -0.15) is 0 Å². The van der Waals surface area contributed by atoms with Crippen molar-refractivity contribution in [2.45, 2.75) is 70.1 Å². The molecule has 5 heteroatoms. The van der Waals surface area contributed by atoms with Gasteiger partial charge in [-0.15, -0.1) is 0 Å². The van der Waals surface area contributed by atoms with Crippen molar-refractivity contribution in [2.24, 2.45) is 5.92 Å². The van der Waals surface area contributed by atoms with E-state index in [9.17, 15) is 9.90 Å². The van der Waals surface area contributed by atoms with Gasteiger partial charge in [-0.1, -0.05) is 24.6 Å². The molecule has 0 bridgehead atoms. The van der Waals surface area contributed by atoms with E-state index in [4.69, 9.17) is 4.74 Å². The average molecular weight is 346 g/mol. The molecule has 0 radical (unpaired) electrons. The molecule has 0 spiro atoms. The topological polar surface area (TPSA) is 70.6 Å². The maximum Gasteiger partial charge on any atom is 0.315 e. The lowest BCUT2D eigenvalue weighted by Gasteiger charge is -2.25. The molecule has 138 valence electrons. The predicted octanol–water partition coefficient (Wildman–Crippen LogP) is 3.36. The molecule has 2 atom stereocenters. The molecule has 2 aliphatic rings. The van der Waals surface area contributed by atoms with Crippen LogP contribution in [0.1, 0.15) is 56.9 Å². The van der Waals surface area contributed by atoms with Crippen LogP contribution < -0.4 is 15.4 Å². The number of aliphatic hydroxyl groups excluding tert-OH is 1. The Bertz CT molecular complexity index is 558. The van der Waals surface area contributed by atoms with Crippen LogP contribution in [0.25, 0.3) is 0 Å². The fourth-order valence-electron chi connectivity index (χ4n) is 3.87. The van der Waals surface area contributed by atoms with Gasteiger partial charge in [0.25, 0.3) is 0 Å². The summed E-state index contributed by atoms with van der Waals surface area (Å²) < 4.78 is 6.11. The summed E-state index contributed by atoms with van der Waals surface area (Å²) in [6.07, 6.45) is 8.63. The number of hydrogen-bond donors (Lipinski definition) is 3. The van der Waals surface area contributed by atoms with Crippen molar-refractivity contribution in [1.29, 1.82) is 0 Å². The van der Waals surface area contributed by atoms with Gasteiger partial charge >= 0.3 is 6.03 Å². The highest BCUT2D eigenvalue weighted by Crippen LogP contribution is 2.26. The first kappa shape index (κ1) is 18.1. The van der Waals surface area contributed by atoms with Crippen LogP contribution in [0.2, 0.25) is 0 Å². The van der Waals surface area contributed by atoms with Gasteiger partial charge in [0.15, 0.2) is 0 Å². The third kappa shape index (κ3) is 5.63. The molecule has 0 saturated heterocycles. The van der Waals surface area contributed by atoms with E-state index >= 15 is 0 Å². The van der Waals surface area contributed by atoms with Crippen molar-refractivity contribution in [2.75, 3.05) is 6.54 Å². The van der Waals surface area contributed by atoms with Gasteiger partial charge in [0.1, 0.15) is 5.75 Å². The molecular weight excluding hydrogens is 316 g/mol. The SMILES string of the molecule is O=C(NCc1ccccc1OC1CCCC1)NCC1CCCC(O)C1. The third-order valence-electron chi connectivity index (χ3n) is 5.31. The summed E-state index contributed by atoms with van der Waals surface area (Å²) in [6.45, 7) is 1.09. The van der Waals surface area contributed by atoms with Crippen molar-refractivity contribution < 1.29 is 14.6 Å². The van der Waals surface area contributed by atoms with Gasteiger partial charge < -0.3 is 20.5 Å².